The van der Waals surface area contributed by atoms with Gasteiger partial charge in [0.25, 0.3) is 0 Å². The fourth-order valence-electron chi connectivity index (χ4n) is 2.65. The third-order valence-electron chi connectivity index (χ3n) is 3.86. The molecular weight excluding hydrogens is 316 g/mol. The third kappa shape index (κ3) is 2.75. The predicted octanol–water partition coefficient (Wildman–Crippen LogP) is 4.32. The van der Waals surface area contributed by atoms with Crippen molar-refractivity contribution in [1.29, 1.82) is 0 Å². The summed E-state index contributed by atoms with van der Waals surface area (Å²) in [5.41, 5.74) is 5.87. The Morgan fingerprint density at radius 1 is 0.750 bits per heavy atom. The van der Waals surface area contributed by atoms with Gasteiger partial charge in [-0.1, -0.05) is 12.1 Å². The fraction of sp³-hybridized carbons (Fsp3) is 0. The van der Waals surface area contributed by atoms with Crippen LogP contribution in [0.2, 0.25) is 0 Å². The first-order chi connectivity index (χ1) is 11.8. The lowest BCUT2D eigenvalue weighted by molar-refractivity contribution is 1.31. The Morgan fingerprint density at radius 3 is 2.29 bits per heavy atom. The first-order valence-corrected chi connectivity index (χ1v) is 8.36. The molecule has 0 bridgehead atoms. The third-order valence-corrected chi connectivity index (χ3v) is 4.41. The van der Waals surface area contributed by atoms with Gasteiger partial charge in [-0.05, 0) is 60.0 Å². The van der Waals surface area contributed by atoms with Crippen molar-refractivity contribution in [3.05, 3.63) is 73.2 Å². The second-order valence-electron chi connectivity index (χ2n) is 5.30. The van der Waals surface area contributed by atoms with Gasteiger partial charge in [-0.2, -0.15) is 0 Å². The summed E-state index contributed by atoms with van der Waals surface area (Å²) >= 11 is 1.24. The molecule has 0 aliphatic carbocycles. The van der Waals surface area contributed by atoms with Crippen LogP contribution in [-0.4, -0.2) is 15.0 Å². The van der Waals surface area contributed by atoms with Gasteiger partial charge in [0.15, 0.2) is 0 Å². The number of nitrogens with two attached hydrogens (primary N) is 1. The lowest BCUT2D eigenvalue weighted by Crippen LogP contribution is -1.91. The van der Waals surface area contributed by atoms with Crippen molar-refractivity contribution in [2.75, 3.05) is 0 Å². The molecule has 0 spiro atoms. The summed E-state index contributed by atoms with van der Waals surface area (Å²) in [6.45, 7) is 0. The average Bonchev–Trinajstić information content (AvgIpc) is 2.68. The van der Waals surface area contributed by atoms with E-state index in [-0.39, 0.29) is 0 Å². The van der Waals surface area contributed by atoms with Gasteiger partial charge in [0.05, 0.1) is 16.7 Å². The SMILES string of the molecule is NSc1ccc(-c2ccc3nccc(-c4ccncc4)c3n2)cc1. The fourth-order valence-corrected chi connectivity index (χ4v) is 2.95. The molecule has 4 aromatic rings. The van der Waals surface area contributed by atoms with E-state index in [4.69, 9.17) is 10.1 Å². The Balaban J connectivity index is 1.87. The summed E-state index contributed by atoms with van der Waals surface area (Å²) in [5.74, 6) is 0. The number of hydrogen-bond donors (Lipinski definition) is 1. The maximum absolute atomic E-state index is 5.58. The smallest absolute Gasteiger partial charge is 0.0972 e. The number of fused-ring (bicyclic) bond motifs is 1. The van der Waals surface area contributed by atoms with Gasteiger partial charge in [-0.15, -0.1) is 0 Å². The Kier molecular flexibility index (Phi) is 3.94. The first kappa shape index (κ1) is 14.8. The van der Waals surface area contributed by atoms with Gasteiger partial charge in [0.2, 0.25) is 0 Å². The van der Waals surface area contributed by atoms with Crippen molar-refractivity contribution in [2.45, 2.75) is 4.90 Å². The van der Waals surface area contributed by atoms with Gasteiger partial charge in [0, 0.05) is 34.6 Å². The summed E-state index contributed by atoms with van der Waals surface area (Å²) in [5, 5.41) is 5.58. The minimum absolute atomic E-state index is 0.877. The van der Waals surface area contributed by atoms with Crippen molar-refractivity contribution in [2.24, 2.45) is 5.14 Å². The molecule has 0 fully saturated rings. The highest BCUT2D eigenvalue weighted by Crippen LogP contribution is 2.28. The topological polar surface area (TPSA) is 64.7 Å². The maximum atomic E-state index is 5.58. The molecule has 1 aromatic carbocycles. The minimum Gasteiger partial charge on any atom is -0.274 e. The summed E-state index contributed by atoms with van der Waals surface area (Å²) in [6.07, 6.45) is 5.38. The zero-order valence-corrected chi connectivity index (χ0v) is 13.6. The summed E-state index contributed by atoms with van der Waals surface area (Å²) < 4.78 is 0. The summed E-state index contributed by atoms with van der Waals surface area (Å²) in [7, 11) is 0. The molecule has 0 aliphatic rings. The van der Waals surface area contributed by atoms with E-state index < -0.39 is 0 Å². The van der Waals surface area contributed by atoms with E-state index in [1.54, 1.807) is 12.4 Å². The van der Waals surface area contributed by atoms with E-state index in [9.17, 15) is 0 Å². The van der Waals surface area contributed by atoms with Gasteiger partial charge in [0.1, 0.15) is 0 Å². The van der Waals surface area contributed by atoms with Crippen LogP contribution in [-0.2, 0) is 0 Å². The molecule has 116 valence electrons. The van der Waals surface area contributed by atoms with Gasteiger partial charge in [-0.3, -0.25) is 15.1 Å². The standard InChI is InChI=1S/C19H14N4S/c20-24-15-3-1-14(2-4-15)17-5-6-18-19(23-17)16(9-12-22-18)13-7-10-21-11-8-13/h1-12H,20H2. The van der Waals surface area contributed by atoms with Crippen LogP contribution in [0, 0.1) is 0 Å². The van der Waals surface area contributed by atoms with E-state index in [0.717, 1.165) is 38.3 Å². The summed E-state index contributed by atoms with van der Waals surface area (Å²) in [4.78, 5) is 14.4. The maximum Gasteiger partial charge on any atom is 0.0972 e. The van der Waals surface area contributed by atoms with Gasteiger partial charge >= 0.3 is 0 Å². The van der Waals surface area contributed by atoms with E-state index in [1.807, 2.05) is 60.8 Å². The molecular formula is C19H14N4S. The number of pyridine rings is 3. The molecule has 3 aromatic heterocycles. The van der Waals surface area contributed by atoms with Crippen molar-refractivity contribution < 1.29 is 0 Å². The van der Waals surface area contributed by atoms with Crippen LogP contribution < -0.4 is 5.14 Å². The van der Waals surface area contributed by atoms with Crippen LogP contribution in [0.3, 0.4) is 0 Å². The second kappa shape index (κ2) is 6.39. The van der Waals surface area contributed by atoms with Crippen LogP contribution in [0.1, 0.15) is 0 Å². The molecule has 0 atom stereocenters. The molecule has 0 radical (unpaired) electrons. The highest BCUT2D eigenvalue weighted by molar-refractivity contribution is 7.97. The van der Waals surface area contributed by atoms with Crippen molar-refractivity contribution in [1.82, 2.24) is 15.0 Å². The highest BCUT2D eigenvalue weighted by atomic mass is 32.2. The molecule has 0 unspecified atom stereocenters. The lowest BCUT2D eigenvalue weighted by Gasteiger charge is -2.08. The quantitative estimate of drug-likeness (QED) is 0.567. The largest absolute Gasteiger partial charge is 0.274 e. The Bertz CT molecular complexity index is 985. The van der Waals surface area contributed by atoms with Gasteiger partial charge < -0.3 is 0 Å². The second-order valence-corrected chi connectivity index (χ2v) is 6.01. The van der Waals surface area contributed by atoms with Crippen LogP contribution in [0.25, 0.3) is 33.4 Å². The number of nitrogens with zero attached hydrogens (tertiary/aromatic N) is 3. The lowest BCUT2D eigenvalue weighted by atomic mass is 10.1. The number of benzene rings is 1. The van der Waals surface area contributed by atoms with E-state index in [0.29, 0.717) is 0 Å². The molecule has 0 aliphatic heterocycles. The molecule has 2 N–H and O–H groups in total. The van der Waals surface area contributed by atoms with Crippen LogP contribution in [0.15, 0.2) is 78.1 Å². The number of rotatable bonds is 3. The molecule has 0 saturated carbocycles. The van der Waals surface area contributed by atoms with Crippen molar-refractivity contribution in [3.63, 3.8) is 0 Å². The summed E-state index contributed by atoms with van der Waals surface area (Å²) in [6, 6.07) is 18.0. The Labute approximate surface area is 143 Å². The highest BCUT2D eigenvalue weighted by Gasteiger charge is 2.08. The van der Waals surface area contributed by atoms with Crippen LogP contribution >= 0.6 is 11.9 Å². The predicted molar refractivity (Wildman–Crippen MR) is 98.2 cm³/mol. The van der Waals surface area contributed by atoms with Crippen molar-refractivity contribution >= 4 is 23.0 Å². The number of aromatic nitrogens is 3. The molecule has 4 nitrogen and oxygen atoms in total. The average molecular weight is 330 g/mol. The van der Waals surface area contributed by atoms with Gasteiger partial charge in [-0.25, -0.2) is 4.98 Å². The van der Waals surface area contributed by atoms with Crippen LogP contribution in [0.4, 0.5) is 0 Å². The molecule has 0 saturated heterocycles. The molecule has 5 heteroatoms. The molecule has 4 rings (SSSR count). The first-order valence-electron chi connectivity index (χ1n) is 7.48. The monoisotopic (exact) mass is 330 g/mol. The zero-order valence-electron chi connectivity index (χ0n) is 12.8. The molecule has 0 amide bonds. The Hall–Kier alpha value is -2.76. The van der Waals surface area contributed by atoms with E-state index in [1.165, 1.54) is 11.9 Å². The Morgan fingerprint density at radius 2 is 1.54 bits per heavy atom. The number of hydrogen-bond acceptors (Lipinski definition) is 5. The molecule has 3 heterocycles. The minimum atomic E-state index is 0.877. The van der Waals surface area contributed by atoms with Crippen LogP contribution in [0.5, 0.6) is 0 Å². The van der Waals surface area contributed by atoms with Crippen molar-refractivity contribution in [3.8, 4) is 22.4 Å². The molecule has 24 heavy (non-hydrogen) atoms. The zero-order chi connectivity index (χ0) is 16.4. The van der Waals surface area contributed by atoms with E-state index >= 15 is 0 Å². The normalized spacial score (nSPS) is 10.9. The van der Waals surface area contributed by atoms with E-state index in [2.05, 4.69) is 9.97 Å².